The van der Waals surface area contributed by atoms with Gasteiger partial charge in [-0.1, -0.05) is 23.8 Å². The van der Waals surface area contributed by atoms with Crippen LogP contribution in [0.15, 0.2) is 48.3 Å². The number of rotatable bonds is 7. The van der Waals surface area contributed by atoms with Gasteiger partial charge in [-0.15, -0.1) is 0 Å². The highest BCUT2D eigenvalue weighted by atomic mass is 16.3. The number of aliphatic hydroxyl groups excluding tert-OH is 1. The summed E-state index contributed by atoms with van der Waals surface area (Å²) in [5.74, 6) is 1.07. The van der Waals surface area contributed by atoms with E-state index in [1.165, 1.54) is 11.1 Å². The largest absolute Gasteiger partial charge is 0.396 e. The first kappa shape index (κ1) is 19.8. The highest BCUT2D eigenvalue weighted by Crippen LogP contribution is 2.18. The fraction of sp³-hybridized carbons (Fsp3) is 0.500. The van der Waals surface area contributed by atoms with Crippen LogP contribution < -0.4 is 0 Å². The minimum atomic E-state index is 0.238. The van der Waals surface area contributed by atoms with E-state index in [2.05, 4.69) is 70.5 Å². The fourth-order valence-electron chi connectivity index (χ4n) is 3.73. The number of benzene rings is 1. The minimum Gasteiger partial charge on any atom is -0.396 e. The molecule has 1 atom stereocenters. The molecule has 27 heavy (non-hydrogen) atoms. The van der Waals surface area contributed by atoms with E-state index in [1.54, 1.807) is 0 Å². The quantitative estimate of drug-likeness (QED) is 0.763. The molecule has 0 unspecified atom stereocenters. The van der Waals surface area contributed by atoms with Crippen LogP contribution in [0, 0.1) is 6.92 Å². The van der Waals surface area contributed by atoms with Crippen molar-refractivity contribution in [1.29, 1.82) is 0 Å². The highest BCUT2D eigenvalue weighted by Gasteiger charge is 2.26. The molecule has 0 amide bonds. The number of allylic oxidation sites excluding steroid dienone is 1. The van der Waals surface area contributed by atoms with Gasteiger partial charge in [0.1, 0.15) is 5.82 Å². The Balaban J connectivity index is 1.69. The van der Waals surface area contributed by atoms with Crippen LogP contribution in [0.4, 0.5) is 0 Å². The van der Waals surface area contributed by atoms with Gasteiger partial charge in [-0.05, 0) is 44.9 Å². The van der Waals surface area contributed by atoms with Gasteiger partial charge in [0, 0.05) is 56.9 Å². The van der Waals surface area contributed by atoms with Crippen LogP contribution in [-0.4, -0.2) is 63.3 Å². The van der Waals surface area contributed by atoms with Crippen LogP contribution in [0.25, 0.3) is 5.69 Å². The van der Waals surface area contributed by atoms with E-state index in [0.717, 1.165) is 50.7 Å². The van der Waals surface area contributed by atoms with Crippen molar-refractivity contribution < 1.29 is 5.11 Å². The maximum absolute atomic E-state index is 9.50. The molecule has 146 valence electrons. The van der Waals surface area contributed by atoms with E-state index in [9.17, 15) is 5.11 Å². The molecular formula is C22H32N4O. The van der Waals surface area contributed by atoms with Gasteiger partial charge >= 0.3 is 0 Å². The Kier molecular flexibility index (Phi) is 6.83. The van der Waals surface area contributed by atoms with Crippen LogP contribution in [-0.2, 0) is 6.54 Å². The first-order chi connectivity index (χ1) is 13.1. The van der Waals surface area contributed by atoms with Gasteiger partial charge in [-0.2, -0.15) is 0 Å². The van der Waals surface area contributed by atoms with E-state index < -0.39 is 0 Å². The van der Waals surface area contributed by atoms with E-state index >= 15 is 0 Å². The summed E-state index contributed by atoms with van der Waals surface area (Å²) in [7, 11) is 0. The lowest BCUT2D eigenvalue weighted by atomic mass is 10.1. The van der Waals surface area contributed by atoms with Gasteiger partial charge in [-0.3, -0.25) is 9.80 Å². The molecule has 5 nitrogen and oxygen atoms in total. The molecule has 0 spiro atoms. The van der Waals surface area contributed by atoms with Crippen molar-refractivity contribution in [3.05, 3.63) is 59.7 Å². The molecule has 1 fully saturated rings. The van der Waals surface area contributed by atoms with E-state index in [4.69, 9.17) is 0 Å². The summed E-state index contributed by atoms with van der Waals surface area (Å²) in [6.07, 6.45) is 7.03. The molecule has 3 rings (SSSR count). The summed E-state index contributed by atoms with van der Waals surface area (Å²) in [6.45, 7) is 11.5. The molecule has 1 saturated heterocycles. The van der Waals surface area contributed by atoms with Gasteiger partial charge in [-0.25, -0.2) is 4.98 Å². The second-order valence-electron chi connectivity index (χ2n) is 7.73. The third-order valence-electron chi connectivity index (χ3n) is 5.25. The van der Waals surface area contributed by atoms with Crippen LogP contribution in [0.5, 0.6) is 0 Å². The van der Waals surface area contributed by atoms with Gasteiger partial charge in [0.05, 0.1) is 6.54 Å². The Morgan fingerprint density at radius 1 is 1.30 bits per heavy atom. The second-order valence-corrected chi connectivity index (χ2v) is 7.73. The summed E-state index contributed by atoms with van der Waals surface area (Å²) in [6, 6.07) is 8.92. The Labute approximate surface area is 162 Å². The number of piperazine rings is 1. The van der Waals surface area contributed by atoms with E-state index in [0.29, 0.717) is 6.04 Å². The van der Waals surface area contributed by atoms with Crippen molar-refractivity contribution in [3.63, 3.8) is 0 Å². The topological polar surface area (TPSA) is 44.5 Å². The predicted molar refractivity (Wildman–Crippen MR) is 110 cm³/mol. The van der Waals surface area contributed by atoms with Crippen molar-refractivity contribution in [2.75, 3.05) is 32.8 Å². The van der Waals surface area contributed by atoms with Crippen LogP contribution >= 0.6 is 0 Å². The molecule has 0 radical (unpaired) electrons. The molecule has 0 aliphatic carbocycles. The number of hydrogen-bond donors (Lipinski definition) is 1. The minimum absolute atomic E-state index is 0.238. The van der Waals surface area contributed by atoms with Gasteiger partial charge < -0.3 is 9.67 Å². The third-order valence-corrected chi connectivity index (χ3v) is 5.25. The zero-order chi connectivity index (χ0) is 19.2. The normalized spacial score (nSPS) is 18.6. The molecule has 1 aliphatic heterocycles. The van der Waals surface area contributed by atoms with Crippen molar-refractivity contribution in [3.8, 4) is 5.69 Å². The Hall–Kier alpha value is -1.95. The maximum Gasteiger partial charge on any atom is 0.127 e. The molecule has 1 N–H and O–H groups in total. The molecule has 0 bridgehead atoms. The molecule has 5 heteroatoms. The van der Waals surface area contributed by atoms with Gasteiger partial charge in [0.15, 0.2) is 0 Å². The number of aromatic nitrogens is 2. The van der Waals surface area contributed by atoms with Crippen molar-refractivity contribution in [1.82, 2.24) is 19.4 Å². The summed E-state index contributed by atoms with van der Waals surface area (Å²) in [5, 5.41) is 9.50. The van der Waals surface area contributed by atoms with Crippen LogP contribution in [0.3, 0.4) is 0 Å². The molecular weight excluding hydrogens is 336 g/mol. The van der Waals surface area contributed by atoms with Crippen LogP contribution in [0.2, 0.25) is 0 Å². The van der Waals surface area contributed by atoms with Crippen molar-refractivity contribution >= 4 is 0 Å². The number of nitrogens with zero attached hydrogens (tertiary/aromatic N) is 4. The smallest absolute Gasteiger partial charge is 0.127 e. The second kappa shape index (κ2) is 9.31. The zero-order valence-electron chi connectivity index (χ0n) is 16.8. The first-order valence-corrected chi connectivity index (χ1v) is 9.86. The van der Waals surface area contributed by atoms with E-state index in [-0.39, 0.29) is 6.61 Å². The lowest BCUT2D eigenvalue weighted by molar-refractivity contribution is 0.0621. The molecule has 2 heterocycles. The van der Waals surface area contributed by atoms with Crippen LogP contribution in [0.1, 0.15) is 31.7 Å². The summed E-state index contributed by atoms with van der Waals surface area (Å²) >= 11 is 0. The molecule has 2 aromatic rings. The Morgan fingerprint density at radius 3 is 2.89 bits per heavy atom. The van der Waals surface area contributed by atoms with Gasteiger partial charge in [0.25, 0.3) is 0 Å². The van der Waals surface area contributed by atoms with Crippen molar-refractivity contribution in [2.24, 2.45) is 0 Å². The first-order valence-electron chi connectivity index (χ1n) is 9.86. The van der Waals surface area contributed by atoms with Gasteiger partial charge in [0.2, 0.25) is 0 Å². The number of hydrogen-bond acceptors (Lipinski definition) is 4. The third kappa shape index (κ3) is 5.28. The summed E-state index contributed by atoms with van der Waals surface area (Å²) in [5.41, 5.74) is 3.76. The lowest BCUT2D eigenvalue weighted by Gasteiger charge is -2.41. The standard InChI is InChI=1S/C22H32N4O/c1-18(2)7-10-25-13-12-24(16-21(25)8-14-27)17-22-23-9-11-26(22)20-6-4-5-19(3)15-20/h4-7,9,11,15,21,27H,8,10,12-14,16-17H2,1-3H3/t21-/m0/s1. The van der Waals surface area contributed by atoms with Crippen molar-refractivity contribution in [2.45, 2.75) is 39.8 Å². The SMILES string of the molecule is CC(C)=CCN1CCN(Cc2nccn2-c2cccc(C)c2)C[C@@H]1CCO. The molecule has 1 aliphatic rings. The molecule has 1 aromatic carbocycles. The molecule has 0 saturated carbocycles. The average Bonchev–Trinajstić information content (AvgIpc) is 3.09. The maximum atomic E-state index is 9.50. The Bertz CT molecular complexity index is 763. The predicted octanol–water partition coefficient (Wildman–Crippen LogP) is 3.02. The summed E-state index contributed by atoms with van der Waals surface area (Å²) < 4.78 is 2.18. The molecule has 1 aromatic heterocycles. The number of aliphatic hydroxyl groups is 1. The monoisotopic (exact) mass is 368 g/mol. The number of imidazole rings is 1. The average molecular weight is 369 g/mol. The zero-order valence-corrected chi connectivity index (χ0v) is 16.8. The fourth-order valence-corrected chi connectivity index (χ4v) is 3.73. The lowest BCUT2D eigenvalue weighted by Crippen LogP contribution is -2.53. The highest BCUT2D eigenvalue weighted by molar-refractivity contribution is 5.36. The Morgan fingerprint density at radius 2 is 2.15 bits per heavy atom. The number of aryl methyl sites for hydroxylation is 1. The summed E-state index contributed by atoms with van der Waals surface area (Å²) in [4.78, 5) is 9.57. The van der Waals surface area contributed by atoms with E-state index in [1.807, 2.05) is 12.4 Å².